The van der Waals surface area contributed by atoms with Crippen LogP contribution in [-0.2, 0) is 0 Å². The molecule has 1 unspecified atom stereocenters. The molecule has 0 bridgehead atoms. The van der Waals surface area contributed by atoms with Gasteiger partial charge in [0, 0.05) is 0 Å². The van der Waals surface area contributed by atoms with Gasteiger partial charge in [-0.3, -0.25) is 0 Å². The van der Waals surface area contributed by atoms with Crippen molar-refractivity contribution in [2.45, 2.75) is 25.2 Å². The van der Waals surface area contributed by atoms with Crippen molar-refractivity contribution >= 4 is 5.57 Å². The predicted octanol–water partition coefficient (Wildman–Crippen LogP) is 4.75. The van der Waals surface area contributed by atoms with Gasteiger partial charge in [-0.05, 0) is 66.1 Å². The summed E-state index contributed by atoms with van der Waals surface area (Å²) in [6.45, 7) is 0. The summed E-state index contributed by atoms with van der Waals surface area (Å²) in [5.74, 6) is 1.83. The number of benzene rings is 2. The van der Waals surface area contributed by atoms with Crippen LogP contribution in [0.25, 0.3) is 5.57 Å². The summed E-state index contributed by atoms with van der Waals surface area (Å²) < 4.78 is 5.21. The Morgan fingerprint density at radius 1 is 1.10 bits per heavy atom. The van der Waals surface area contributed by atoms with Gasteiger partial charge in [0.05, 0.1) is 7.11 Å². The Kier molecular flexibility index (Phi) is 3.96. The fourth-order valence-electron chi connectivity index (χ4n) is 2.98. The van der Waals surface area contributed by atoms with Gasteiger partial charge in [-0.1, -0.05) is 30.3 Å². The third-order valence-corrected chi connectivity index (χ3v) is 4.22. The lowest BCUT2D eigenvalue weighted by molar-refractivity contribution is 0.414. The molecule has 0 aromatic heterocycles. The number of phenolic OH excluding ortho intramolecular Hbond substituents is 1. The molecule has 1 atom stereocenters. The molecule has 0 heterocycles. The fraction of sp³-hybridized carbons (Fsp3) is 0.263. The molecule has 0 radical (unpaired) electrons. The Morgan fingerprint density at radius 2 is 1.90 bits per heavy atom. The van der Waals surface area contributed by atoms with E-state index in [0.717, 1.165) is 30.6 Å². The highest BCUT2D eigenvalue weighted by Gasteiger charge is 2.17. The maximum absolute atomic E-state index is 9.58. The molecular weight excluding hydrogens is 260 g/mol. The van der Waals surface area contributed by atoms with Crippen LogP contribution < -0.4 is 4.74 Å². The summed E-state index contributed by atoms with van der Waals surface area (Å²) in [5, 5.41) is 9.58. The van der Waals surface area contributed by atoms with Gasteiger partial charge in [-0.25, -0.2) is 0 Å². The lowest BCUT2D eigenvalue weighted by atomic mass is 9.82. The second kappa shape index (κ2) is 6.04. The molecule has 0 saturated carbocycles. The Balaban J connectivity index is 1.73. The molecule has 3 rings (SSSR count). The zero-order chi connectivity index (χ0) is 14.7. The zero-order valence-electron chi connectivity index (χ0n) is 12.3. The average molecular weight is 280 g/mol. The van der Waals surface area contributed by atoms with Crippen LogP contribution in [0.15, 0.2) is 54.6 Å². The maximum Gasteiger partial charge on any atom is 0.118 e. The second-order valence-corrected chi connectivity index (χ2v) is 5.52. The second-order valence-electron chi connectivity index (χ2n) is 5.52. The Morgan fingerprint density at radius 3 is 2.52 bits per heavy atom. The van der Waals surface area contributed by atoms with Crippen LogP contribution in [0.4, 0.5) is 0 Å². The van der Waals surface area contributed by atoms with E-state index in [4.69, 9.17) is 4.74 Å². The minimum atomic E-state index is 0.339. The molecule has 21 heavy (non-hydrogen) atoms. The fourth-order valence-corrected chi connectivity index (χ4v) is 2.98. The number of phenols is 1. The molecule has 0 aliphatic heterocycles. The lowest BCUT2D eigenvalue weighted by Gasteiger charge is -2.22. The number of aromatic hydroxyl groups is 1. The summed E-state index contributed by atoms with van der Waals surface area (Å²) in [4.78, 5) is 0. The van der Waals surface area contributed by atoms with E-state index in [2.05, 4.69) is 24.3 Å². The number of rotatable bonds is 3. The van der Waals surface area contributed by atoms with Gasteiger partial charge in [0.25, 0.3) is 0 Å². The van der Waals surface area contributed by atoms with Gasteiger partial charge in [-0.15, -0.1) is 0 Å². The lowest BCUT2D eigenvalue weighted by Crippen LogP contribution is -2.04. The molecule has 2 heteroatoms. The smallest absolute Gasteiger partial charge is 0.118 e. The summed E-state index contributed by atoms with van der Waals surface area (Å²) in [6, 6.07) is 15.9. The van der Waals surface area contributed by atoms with Crippen LogP contribution in [0, 0.1) is 0 Å². The Hall–Kier alpha value is -2.22. The summed E-state index contributed by atoms with van der Waals surface area (Å²) >= 11 is 0. The highest BCUT2D eigenvalue weighted by molar-refractivity contribution is 5.67. The number of methoxy groups -OCH3 is 1. The van der Waals surface area contributed by atoms with Gasteiger partial charge in [0.2, 0.25) is 0 Å². The van der Waals surface area contributed by atoms with Crippen molar-refractivity contribution in [2.24, 2.45) is 0 Å². The molecular formula is C19H20O2. The van der Waals surface area contributed by atoms with E-state index in [0.29, 0.717) is 11.7 Å². The SMILES string of the molecule is COc1ccc(C2CC=C(c3cccc(O)c3)CC2)cc1. The van der Waals surface area contributed by atoms with E-state index in [1.165, 1.54) is 11.1 Å². The van der Waals surface area contributed by atoms with E-state index in [-0.39, 0.29) is 0 Å². The minimum absolute atomic E-state index is 0.339. The molecule has 2 nitrogen and oxygen atoms in total. The van der Waals surface area contributed by atoms with E-state index in [9.17, 15) is 5.11 Å². The molecule has 1 N–H and O–H groups in total. The minimum Gasteiger partial charge on any atom is -0.508 e. The first-order valence-electron chi connectivity index (χ1n) is 7.38. The molecule has 2 aromatic rings. The number of hydrogen-bond donors (Lipinski definition) is 1. The first-order valence-corrected chi connectivity index (χ1v) is 7.38. The number of allylic oxidation sites excluding steroid dienone is 2. The highest BCUT2D eigenvalue weighted by Crippen LogP contribution is 2.36. The first kappa shape index (κ1) is 13.7. The number of hydrogen-bond acceptors (Lipinski definition) is 2. The van der Waals surface area contributed by atoms with Crippen LogP contribution >= 0.6 is 0 Å². The molecule has 0 amide bonds. The van der Waals surface area contributed by atoms with E-state index >= 15 is 0 Å². The molecule has 1 aliphatic rings. The third kappa shape index (κ3) is 3.10. The molecule has 108 valence electrons. The molecule has 1 aliphatic carbocycles. The van der Waals surface area contributed by atoms with Crippen molar-refractivity contribution in [3.05, 3.63) is 65.7 Å². The summed E-state index contributed by atoms with van der Waals surface area (Å²) in [5.41, 5.74) is 3.86. The van der Waals surface area contributed by atoms with Gasteiger partial charge in [-0.2, -0.15) is 0 Å². The van der Waals surface area contributed by atoms with Crippen LogP contribution in [0.5, 0.6) is 11.5 Å². The normalized spacial score (nSPS) is 18.1. The Bertz CT molecular complexity index is 641. The van der Waals surface area contributed by atoms with Crippen LogP contribution in [0.2, 0.25) is 0 Å². The van der Waals surface area contributed by atoms with Crippen molar-refractivity contribution in [1.29, 1.82) is 0 Å². The van der Waals surface area contributed by atoms with Gasteiger partial charge < -0.3 is 9.84 Å². The van der Waals surface area contributed by atoms with Gasteiger partial charge >= 0.3 is 0 Å². The van der Waals surface area contributed by atoms with Crippen molar-refractivity contribution in [1.82, 2.24) is 0 Å². The maximum atomic E-state index is 9.58. The van der Waals surface area contributed by atoms with Crippen molar-refractivity contribution in [3.8, 4) is 11.5 Å². The predicted molar refractivity (Wildman–Crippen MR) is 85.7 cm³/mol. The summed E-state index contributed by atoms with van der Waals surface area (Å²) in [6.07, 6.45) is 5.57. The largest absolute Gasteiger partial charge is 0.508 e. The quantitative estimate of drug-likeness (QED) is 0.879. The average Bonchev–Trinajstić information content (AvgIpc) is 2.55. The molecule has 2 aromatic carbocycles. The van der Waals surface area contributed by atoms with Gasteiger partial charge in [0.15, 0.2) is 0 Å². The Labute approximate surface area is 125 Å². The van der Waals surface area contributed by atoms with Crippen molar-refractivity contribution in [2.75, 3.05) is 7.11 Å². The zero-order valence-corrected chi connectivity index (χ0v) is 12.3. The van der Waals surface area contributed by atoms with Crippen LogP contribution in [0.3, 0.4) is 0 Å². The molecule has 0 fully saturated rings. The molecule has 0 spiro atoms. The third-order valence-electron chi connectivity index (χ3n) is 4.22. The monoisotopic (exact) mass is 280 g/mol. The highest BCUT2D eigenvalue weighted by atomic mass is 16.5. The number of ether oxygens (including phenoxy) is 1. The van der Waals surface area contributed by atoms with E-state index < -0.39 is 0 Å². The van der Waals surface area contributed by atoms with Crippen molar-refractivity contribution in [3.63, 3.8) is 0 Å². The standard InChI is InChI=1S/C19H20O2/c1-21-19-11-9-15(10-12-19)14-5-7-16(8-6-14)17-3-2-4-18(20)13-17/h2-4,7,9-14,20H,5-6,8H2,1H3. The van der Waals surface area contributed by atoms with Crippen molar-refractivity contribution < 1.29 is 9.84 Å². The van der Waals surface area contributed by atoms with Crippen LogP contribution in [0.1, 0.15) is 36.3 Å². The van der Waals surface area contributed by atoms with Crippen LogP contribution in [-0.4, -0.2) is 12.2 Å². The van der Waals surface area contributed by atoms with Gasteiger partial charge in [0.1, 0.15) is 11.5 Å². The molecule has 0 saturated heterocycles. The summed E-state index contributed by atoms with van der Waals surface area (Å²) in [7, 11) is 1.69. The first-order chi connectivity index (χ1) is 10.3. The topological polar surface area (TPSA) is 29.5 Å². The van der Waals surface area contributed by atoms with E-state index in [1.807, 2.05) is 24.3 Å². The van der Waals surface area contributed by atoms with E-state index in [1.54, 1.807) is 13.2 Å².